The van der Waals surface area contributed by atoms with Crippen molar-refractivity contribution in [3.63, 3.8) is 0 Å². The lowest BCUT2D eigenvalue weighted by Gasteiger charge is -2.01. The minimum Gasteiger partial charge on any atom is -0.466 e. The molecule has 0 aliphatic carbocycles. The minimum atomic E-state index is -0.683. The van der Waals surface area contributed by atoms with Crippen LogP contribution in [0.2, 0.25) is 0 Å². The molecule has 2 nitrogen and oxygen atoms in total. The van der Waals surface area contributed by atoms with E-state index in [-0.39, 0.29) is 12.2 Å². The zero-order chi connectivity index (χ0) is 13.3. The highest BCUT2D eigenvalue weighted by Gasteiger charge is 2.14. The van der Waals surface area contributed by atoms with Crippen LogP contribution in [0.1, 0.15) is 27.4 Å². The minimum absolute atomic E-state index is 0.0471. The Balaban J connectivity index is 2.23. The molecule has 0 bridgehead atoms. The van der Waals surface area contributed by atoms with Crippen LogP contribution in [0, 0.1) is 25.5 Å². The summed E-state index contributed by atoms with van der Waals surface area (Å²) >= 11 is 0. The fourth-order valence-electron chi connectivity index (χ4n) is 1.90. The van der Waals surface area contributed by atoms with Crippen molar-refractivity contribution in [2.45, 2.75) is 20.3 Å². The van der Waals surface area contributed by atoms with E-state index in [1.54, 1.807) is 19.9 Å². The molecule has 2 aromatic rings. The van der Waals surface area contributed by atoms with Crippen LogP contribution in [0.25, 0.3) is 0 Å². The highest BCUT2D eigenvalue weighted by molar-refractivity contribution is 5.98. The number of carbonyl (C=O) groups is 1. The molecule has 0 amide bonds. The Morgan fingerprint density at radius 3 is 2.22 bits per heavy atom. The highest BCUT2D eigenvalue weighted by Crippen LogP contribution is 2.17. The molecule has 1 aromatic carbocycles. The summed E-state index contributed by atoms with van der Waals surface area (Å²) in [6.07, 6.45) is -0.0471. The van der Waals surface area contributed by atoms with Crippen molar-refractivity contribution in [2.75, 3.05) is 0 Å². The van der Waals surface area contributed by atoms with Gasteiger partial charge in [0, 0.05) is 12.5 Å². The number of hydrogen-bond donors (Lipinski definition) is 0. The van der Waals surface area contributed by atoms with Crippen molar-refractivity contribution in [3.8, 4) is 0 Å². The molecule has 2 rings (SSSR count). The molecule has 1 aromatic heterocycles. The number of rotatable bonds is 3. The summed E-state index contributed by atoms with van der Waals surface area (Å²) in [7, 11) is 0. The number of Topliss-reactive ketones (excluding diaryl/α,β-unsaturated/α-hetero) is 1. The fourth-order valence-corrected chi connectivity index (χ4v) is 1.90. The van der Waals surface area contributed by atoms with Gasteiger partial charge in [0.2, 0.25) is 0 Å². The monoisotopic (exact) mass is 250 g/mol. The average Bonchev–Trinajstić information content (AvgIpc) is 2.56. The van der Waals surface area contributed by atoms with Gasteiger partial charge in [-0.05, 0) is 37.6 Å². The predicted molar refractivity (Wildman–Crippen MR) is 62.6 cm³/mol. The van der Waals surface area contributed by atoms with E-state index in [1.807, 2.05) is 0 Å². The quantitative estimate of drug-likeness (QED) is 0.779. The summed E-state index contributed by atoms with van der Waals surface area (Å²) < 4.78 is 31.2. The summed E-state index contributed by atoms with van der Waals surface area (Å²) in [6, 6.07) is 4.72. The zero-order valence-corrected chi connectivity index (χ0v) is 10.1. The number of carbonyl (C=O) groups excluding carboxylic acids is 1. The van der Waals surface area contributed by atoms with Gasteiger partial charge in [-0.1, -0.05) is 0 Å². The fraction of sp³-hybridized carbons (Fsp3) is 0.214. The number of hydrogen-bond acceptors (Lipinski definition) is 2. The second kappa shape index (κ2) is 4.72. The van der Waals surface area contributed by atoms with Crippen LogP contribution in [0.4, 0.5) is 8.78 Å². The van der Waals surface area contributed by atoms with Crippen LogP contribution < -0.4 is 0 Å². The smallest absolute Gasteiger partial charge is 0.170 e. The van der Waals surface area contributed by atoms with Gasteiger partial charge < -0.3 is 4.42 Å². The first kappa shape index (κ1) is 12.5. The van der Waals surface area contributed by atoms with Gasteiger partial charge in [0.1, 0.15) is 23.2 Å². The lowest BCUT2D eigenvalue weighted by molar-refractivity contribution is 0.0991. The van der Waals surface area contributed by atoms with Crippen LogP contribution in [0.5, 0.6) is 0 Å². The predicted octanol–water partition coefficient (Wildman–Crippen LogP) is 3.60. The molecule has 0 fully saturated rings. The van der Waals surface area contributed by atoms with E-state index >= 15 is 0 Å². The molecular formula is C14H12F2O2. The third-order valence-corrected chi connectivity index (χ3v) is 2.63. The Labute approximate surface area is 103 Å². The second-order valence-corrected chi connectivity index (χ2v) is 4.20. The maximum absolute atomic E-state index is 13.0. The van der Waals surface area contributed by atoms with E-state index < -0.39 is 11.6 Å². The summed E-state index contributed by atoms with van der Waals surface area (Å²) in [5.41, 5.74) is 0.771. The molecule has 0 aliphatic rings. The molecule has 0 aliphatic heterocycles. The van der Waals surface area contributed by atoms with Crippen LogP contribution in [0.15, 0.2) is 28.7 Å². The molecular weight excluding hydrogens is 238 g/mol. The number of aryl methyl sites for hydroxylation is 2. The number of ketones is 1. The van der Waals surface area contributed by atoms with Crippen molar-refractivity contribution >= 4 is 5.78 Å². The number of halogens is 2. The number of benzene rings is 1. The third kappa shape index (κ3) is 2.64. The molecule has 1 heterocycles. The first-order valence-electron chi connectivity index (χ1n) is 5.51. The van der Waals surface area contributed by atoms with Crippen LogP contribution in [-0.2, 0) is 6.42 Å². The van der Waals surface area contributed by atoms with E-state index in [9.17, 15) is 13.6 Å². The van der Waals surface area contributed by atoms with Crippen LogP contribution in [-0.4, -0.2) is 5.78 Å². The van der Waals surface area contributed by atoms with Gasteiger partial charge in [-0.15, -0.1) is 0 Å². The number of furan rings is 1. The molecule has 4 heteroatoms. The molecule has 0 spiro atoms. The molecule has 0 radical (unpaired) electrons. The first-order valence-corrected chi connectivity index (χ1v) is 5.51. The lowest BCUT2D eigenvalue weighted by Crippen LogP contribution is -2.04. The van der Waals surface area contributed by atoms with Gasteiger partial charge in [-0.3, -0.25) is 4.79 Å². The van der Waals surface area contributed by atoms with Gasteiger partial charge in [0.25, 0.3) is 0 Å². The molecule has 0 N–H and O–H groups in total. The largest absolute Gasteiger partial charge is 0.466 e. The Hall–Kier alpha value is -1.97. The zero-order valence-electron chi connectivity index (χ0n) is 10.1. The van der Waals surface area contributed by atoms with Crippen molar-refractivity contribution in [1.29, 1.82) is 0 Å². The normalized spacial score (nSPS) is 10.7. The molecule has 18 heavy (non-hydrogen) atoms. The average molecular weight is 250 g/mol. The molecule has 0 atom stereocenters. The summed E-state index contributed by atoms with van der Waals surface area (Å²) in [5.74, 6) is -0.416. The van der Waals surface area contributed by atoms with Crippen molar-refractivity contribution in [1.82, 2.24) is 0 Å². The Bertz CT molecular complexity index is 580. The van der Waals surface area contributed by atoms with E-state index in [0.717, 1.165) is 18.2 Å². The Morgan fingerprint density at radius 1 is 1.11 bits per heavy atom. The molecule has 94 valence electrons. The standard InChI is InChI=1S/C14H12F2O2/c1-8-3-13(9(2)18-8)14(17)6-10-4-11(15)7-12(16)5-10/h3-5,7H,6H2,1-2H3. The van der Waals surface area contributed by atoms with Crippen molar-refractivity contribution in [3.05, 3.63) is 58.5 Å². The summed E-state index contributed by atoms with van der Waals surface area (Å²) in [6.45, 7) is 3.43. The maximum atomic E-state index is 13.0. The van der Waals surface area contributed by atoms with Gasteiger partial charge in [0.05, 0.1) is 5.56 Å². The van der Waals surface area contributed by atoms with E-state index in [2.05, 4.69) is 0 Å². The van der Waals surface area contributed by atoms with Crippen molar-refractivity contribution in [2.24, 2.45) is 0 Å². The summed E-state index contributed by atoms with van der Waals surface area (Å²) in [4.78, 5) is 12.0. The summed E-state index contributed by atoms with van der Waals surface area (Å²) in [5, 5.41) is 0. The van der Waals surface area contributed by atoms with Gasteiger partial charge >= 0.3 is 0 Å². The maximum Gasteiger partial charge on any atom is 0.170 e. The Kier molecular flexibility index (Phi) is 3.28. The second-order valence-electron chi connectivity index (χ2n) is 4.20. The Morgan fingerprint density at radius 2 is 1.72 bits per heavy atom. The molecule has 0 unspecified atom stereocenters. The van der Waals surface area contributed by atoms with Crippen LogP contribution >= 0.6 is 0 Å². The van der Waals surface area contributed by atoms with Gasteiger partial charge in [0.15, 0.2) is 5.78 Å². The lowest BCUT2D eigenvalue weighted by atomic mass is 10.0. The highest BCUT2D eigenvalue weighted by atomic mass is 19.1. The van der Waals surface area contributed by atoms with Gasteiger partial charge in [-0.2, -0.15) is 0 Å². The first-order chi connectivity index (χ1) is 8.45. The van der Waals surface area contributed by atoms with Crippen LogP contribution in [0.3, 0.4) is 0 Å². The van der Waals surface area contributed by atoms with E-state index in [4.69, 9.17) is 4.42 Å². The molecule has 0 saturated heterocycles. The van der Waals surface area contributed by atoms with E-state index in [0.29, 0.717) is 22.6 Å². The topological polar surface area (TPSA) is 30.2 Å². The van der Waals surface area contributed by atoms with Crippen molar-refractivity contribution < 1.29 is 18.0 Å². The molecule has 0 saturated carbocycles. The van der Waals surface area contributed by atoms with E-state index in [1.165, 1.54) is 0 Å². The third-order valence-electron chi connectivity index (χ3n) is 2.63. The van der Waals surface area contributed by atoms with Gasteiger partial charge in [-0.25, -0.2) is 8.78 Å². The SMILES string of the molecule is Cc1cc(C(=O)Cc2cc(F)cc(F)c2)c(C)o1.